The normalized spacial score (nSPS) is 11.1. The van der Waals surface area contributed by atoms with Gasteiger partial charge in [0.1, 0.15) is 22.2 Å². The number of phenolic OH excluding ortho intramolecular Hbond substituents is 1. The third kappa shape index (κ3) is 4.77. The third-order valence-electron chi connectivity index (χ3n) is 5.89. The van der Waals surface area contributed by atoms with E-state index in [4.69, 9.17) is 22.3 Å². The van der Waals surface area contributed by atoms with Crippen molar-refractivity contribution in [3.8, 4) is 22.8 Å². The predicted octanol–water partition coefficient (Wildman–Crippen LogP) is 4.57. The van der Waals surface area contributed by atoms with E-state index in [2.05, 4.69) is 15.3 Å². The van der Waals surface area contributed by atoms with Crippen LogP contribution in [-0.2, 0) is 13.0 Å². The molecule has 36 heavy (non-hydrogen) atoms. The van der Waals surface area contributed by atoms with Crippen LogP contribution in [0.4, 0.5) is 5.82 Å². The van der Waals surface area contributed by atoms with Crippen molar-refractivity contribution >= 4 is 34.9 Å². The van der Waals surface area contributed by atoms with Crippen LogP contribution in [0.25, 0.3) is 28.2 Å². The molecule has 5 aromatic rings. The van der Waals surface area contributed by atoms with E-state index in [-0.39, 0.29) is 5.75 Å². The Bertz CT molecular complexity index is 1550. The molecule has 5 rings (SSSR count). The molecule has 0 saturated heterocycles. The van der Waals surface area contributed by atoms with Gasteiger partial charge in [-0.3, -0.25) is 9.36 Å². The van der Waals surface area contributed by atoms with Crippen molar-refractivity contribution in [2.45, 2.75) is 13.0 Å². The molecule has 9 heteroatoms. The number of anilines is 1. The lowest BCUT2D eigenvalue weighted by Gasteiger charge is -2.11. The van der Waals surface area contributed by atoms with E-state index in [0.29, 0.717) is 51.9 Å². The summed E-state index contributed by atoms with van der Waals surface area (Å²) < 4.78 is 1.93. The van der Waals surface area contributed by atoms with Crippen molar-refractivity contribution < 1.29 is 9.90 Å². The molecule has 0 unspecified atom stereocenters. The monoisotopic (exact) mass is 498 g/mol. The van der Waals surface area contributed by atoms with Gasteiger partial charge in [-0.2, -0.15) is 0 Å². The number of hydrogen-bond donors (Lipinski definition) is 3. The molecule has 0 aliphatic rings. The van der Waals surface area contributed by atoms with Crippen molar-refractivity contribution in [2.24, 2.45) is 0 Å². The molecule has 4 N–H and O–H groups in total. The molecule has 180 valence electrons. The minimum absolute atomic E-state index is 0.00769. The number of nitrogen functional groups attached to an aromatic ring is 1. The lowest BCUT2D eigenvalue weighted by Crippen LogP contribution is -2.16. The lowest BCUT2D eigenvalue weighted by atomic mass is 10.1. The molecule has 0 radical (unpaired) electrons. The summed E-state index contributed by atoms with van der Waals surface area (Å²) in [5.41, 5.74) is 11.4. The van der Waals surface area contributed by atoms with Gasteiger partial charge in [0.15, 0.2) is 17.8 Å². The second kappa shape index (κ2) is 10.2. The van der Waals surface area contributed by atoms with Crippen LogP contribution in [0.15, 0.2) is 72.9 Å². The van der Waals surface area contributed by atoms with Crippen LogP contribution in [0.3, 0.4) is 0 Å². The van der Waals surface area contributed by atoms with Gasteiger partial charge in [-0.05, 0) is 72.6 Å². The van der Waals surface area contributed by atoms with Gasteiger partial charge in [-0.15, -0.1) is 0 Å². The number of fused-ring (bicyclic) bond motifs is 1. The molecule has 0 atom stereocenters. The number of halogens is 1. The fraction of sp³-hybridized carbons (Fsp3) is 0.111. The highest BCUT2D eigenvalue weighted by atomic mass is 35.5. The summed E-state index contributed by atoms with van der Waals surface area (Å²) in [7, 11) is 0. The average molecular weight is 499 g/mol. The molecule has 0 fully saturated rings. The largest absolute Gasteiger partial charge is 0.507 e. The van der Waals surface area contributed by atoms with Gasteiger partial charge < -0.3 is 16.2 Å². The van der Waals surface area contributed by atoms with Gasteiger partial charge in [0.05, 0.1) is 11.1 Å². The molecule has 0 bridgehead atoms. The summed E-state index contributed by atoms with van der Waals surface area (Å²) in [6.45, 7) is 1.40. The molecular formula is C27H23ClN6O2. The maximum Gasteiger partial charge on any atom is 0.166 e. The fourth-order valence-corrected chi connectivity index (χ4v) is 4.18. The van der Waals surface area contributed by atoms with E-state index in [1.165, 1.54) is 0 Å². The molecule has 0 aliphatic carbocycles. The Hall–Kier alpha value is -4.27. The Balaban J connectivity index is 1.35. The van der Waals surface area contributed by atoms with E-state index in [1.807, 2.05) is 53.1 Å². The summed E-state index contributed by atoms with van der Waals surface area (Å²) in [6.07, 6.45) is 3.02. The highest BCUT2D eigenvalue weighted by molar-refractivity contribution is 6.29. The van der Waals surface area contributed by atoms with Gasteiger partial charge in [0.2, 0.25) is 0 Å². The van der Waals surface area contributed by atoms with Gasteiger partial charge in [0.25, 0.3) is 0 Å². The van der Waals surface area contributed by atoms with Crippen LogP contribution >= 0.6 is 11.6 Å². The molecule has 0 saturated carbocycles. The highest BCUT2D eigenvalue weighted by Gasteiger charge is 2.18. The summed E-state index contributed by atoms with van der Waals surface area (Å²) in [5.74, 6) is 1.03. The Labute approximate surface area is 212 Å². The molecule has 2 aromatic carbocycles. The number of aldehydes is 1. The Kier molecular flexibility index (Phi) is 6.62. The summed E-state index contributed by atoms with van der Waals surface area (Å²) in [4.78, 5) is 24.3. The molecule has 0 spiro atoms. The zero-order valence-electron chi connectivity index (χ0n) is 19.2. The zero-order chi connectivity index (χ0) is 25.1. The van der Waals surface area contributed by atoms with Gasteiger partial charge in [-0.25, -0.2) is 15.0 Å². The van der Waals surface area contributed by atoms with Crippen LogP contribution in [0.5, 0.6) is 5.75 Å². The van der Waals surface area contributed by atoms with Crippen LogP contribution in [-0.4, -0.2) is 37.5 Å². The topological polar surface area (TPSA) is 119 Å². The Morgan fingerprint density at radius 1 is 1.03 bits per heavy atom. The van der Waals surface area contributed by atoms with E-state index < -0.39 is 0 Å². The van der Waals surface area contributed by atoms with Gasteiger partial charge in [0, 0.05) is 18.4 Å². The van der Waals surface area contributed by atoms with Crippen LogP contribution in [0.2, 0.25) is 5.15 Å². The summed E-state index contributed by atoms with van der Waals surface area (Å²) >= 11 is 6.20. The number of nitrogens with zero attached hydrogens (tertiary/aromatic N) is 4. The number of carbonyl (C=O) groups is 1. The SMILES string of the molecule is Nc1ncccc1-c1nc2ccc(Cl)nc2n1-c1ccc(CNCCc2ccc(C=O)c(O)c2)cc1. The minimum atomic E-state index is 0.00769. The maximum absolute atomic E-state index is 10.8. The second-order valence-corrected chi connectivity index (χ2v) is 8.68. The maximum atomic E-state index is 10.8. The lowest BCUT2D eigenvalue weighted by molar-refractivity contribution is 0.112. The summed E-state index contributed by atoms with van der Waals surface area (Å²) in [5, 5.41) is 13.6. The van der Waals surface area contributed by atoms with Crippen LogP contribution in [0.1, 0.15) is 21.5 Å². The number of pyridine rings is 2. The van der Waals surface area contributed by atoms with Crippen molar-refractivity contribution in [3.05, 3.63) is 94.8 Å². The van der Waals surface area contributed by atoms with Crippen molar-refractivity contribution in [3.63, 3.8) is 0 Å². The number of phenols is 1. The molecule has 0 amide bonds. The van der Waals surface area contributed by atoms with E-state index in [1.54, 1.807) is 24.4 Å². The van der Waals surface area contributed by atoms with E-state index >= 15 is 0 Å². The first-order valence-electron chi connectivity index (χ1n) is 11.4. The van der Waals surface area contributed by atoms with Crippen LogP contribution < -0.4 is 11.1 Å². The van der Waals surface area contributed by atoms with Crippen molar-refractivity contribution in [1.82, 2.24) is 24.8 Å². The molecule has 3 aromatic heterocycles. The number of imidazole rings is 1. The number of hydrogen-bond acceptors (Lipinski definition) is 7. The Morgan fingerprint density at radius 2 is 1.83 bits per heavy atom. The highest BCUT2D eigenvalue weighted by Crippen LogP contribution is 2.31. The quantitative estimate of drug-likeness (QED) is 0.163. The molecule has 8 nitrogen and oxygen atoms in total. The smallest absolute Gasteiger partial charge is 0.166 e. The fourth-order valence-electron chi connectivity index (χ4n) is 4.04. The Morgan fingerprint density at radius 3 is 2.58 bits per heavy atom. The van der Waals surface area contributed by atoms with E-state index in [0.717, 1.165) is 29.8 Å². The number of carbonyl (C=O) groups excluding carboxylic acids is 1. The number of nitrogens with two attached hydrogens (primary N) is 1. The van der Waals surface area contributed by atoms with Crippen molar-refractivity contribution in [1.29, 1.82) is 0 Å². The summed E-state index contributed by atoms with van der Waals surface area (Å²) in [6, 6.07) is 20.5. The van der Waals surface area contributed by atoms with Crippen molar-refractivity contribution in [2.75, 3.05) is 12.3 Å². The average Bonchev–Trinajstić information content (AvgIpc) is 3.25. The zero-order valence-corrected chi connectivity index (χ0v) is 20.0. The first-order chi connectivity index (χ1) is 17.5. The number of aromatic hydroxyl groups is 1. The number of rotatable bonds is 8. The molecular weight excluding hydrogens is 476 g/mol. The standard InChI is InChI=1S/C27H23ClN6O2/c28-24-10-9-22-27(33-24)34(26(32-22)21-2-1-12-31-25(21)29)20-7-4-18(5-8-20)15-30-13-11-17-3-6-19(16-35)23(36)14-17/h1-10,12,14,16,30,36H,11,13,15H2,(H2,29,31). The van der Waals surface area contributed by atoms with E-state index in [9.17, 15) is 9.90 Å². The minimum Gasteiger partial charge on any atom is -0.507 e. The number of nitrogens with one attached hydrogen (secondary N) is 1. The third-order valence-corrected chi connectivity index (χ3v) is 6.10. The van der Waals surface area contributed by atoms with Crippen LogP contribution in [0, 0.1) is 0 Å². The number of aromatic nitrogens is 4. The first kappa shape index (κ1) is 23.5. The van der Waals surface area contributed by atoms with Gasteiger partial charge in [-0.1, -0.05) is 29.8 Å². The molecule has 0 aliphatic heterocycles. The predicted molar refractivity (Wildman–Crippen MR) is 140 cm³/mol. The second-order valence-electron chi connectivity index (χ2n) is 8.29. The number of benzene rings is 2. The first-order valence-corrected chi connectivity index (χ1v) is 11.7. The van der Waals surface area contributed by atoms with Gasteiger partial charge >= 0.3 is 0 Å². The molecule has 3 heterocycles.